The van der Waals surface area contributed by atoms with E-state index in [1.807, 2.05) is 13.0 Å². The van der Waals surface area contributed by atoms with Gasteiger partial charge in [0.1, 0.15) is 5.69 Å². The van der Waals surface area contributed by atoms with Crippen LogP contribution in [0.5, 0.6) is 0 Å². The van der Waals surface area contributed by atoms with Gasteiger partial charge in [-0.3, -0.25) is 14.3 Å². The molecule has 2 amide bonds. The van der Waals surface area contributed by atoms with Crippen molar-refractivity contribution in [3.63, 3.8) is 0 Å². The van der Waals surface area contributed by atoms with E-state index in [0.29, 0.717) is 22.8 Å². The SMILES string of the molecule is Cc1cc(C(=O)NCCC(=O)Nc2cc(C(=O)O)n(C)n2)cc(-c2noc(C)n2)c1. The average molecular weight is 412 g/mol. The maximum absolute atomic E-state index is 12.5. The molecule has 0 spiro atoms. The molecule has 0 saturated heterocycles. The predicted octanol–water partition coefficient (Wildman–Crippen LogP) is 1.54. The summed E-state index contributed by atoms with van der Waals surface area (Å²) in [6.45, 7) is 3.62. The minimum Gasteiger partial charge on any atom is -0.477 e. The first kappa shape index (κ1) is 20.7. The highest BCUT2D eigenvalue weighted by molar-refractivity contribution is 5.96. The van der Waals surface area contributed by atoms with E-state index in [-0.39, 0.29) is 30.4 Å². The van der Waals surface area contributed by atoms with E-state index in [2.05, 4.69) is 25.9 Å². The lowest BCUT2D eigenvalue weighted by Crippen LogP contribution is -2.27. The molecule has 11 heteroatoms. The summed E-state index contributed by atoms with van der Waals surface area (Å²) < 4.78 is 6.13. The Bertz CT molecular complexity index is 1120. The van der Waals surface area contributed by atoms with Crippen molar-refractivity contribution in [3.8, 4) is 11.4 Å². The zero-order chi connectivity index (χ0) is 21.8. The Hall–Kier alpha value is -4.02. The van der Waals surface area contributed by atoms with Crippen molar-refractivity contribution >= 4 is 23.6 Å². The summed E-state index contributed by atoms with van der Waals surface area (Å²) in [5.41, 5.74) is 1.86. The van der Waals surface area contributed by atoms with Gasteiger partial charge >= 0.3 is 5.97 Å². The molecule has 3 N–H and O–H groups in total. The summed E-state index contributed by atoms with van der Waals surface area (Å²) >= 11 is 0. The van der Waals surface area contributed by atoms with Crippen molar-refractivity contribution < 1.29 is 24.0 Å². The standard InChI is InChI=1S/C19H20N6O5/c1-10-6-12(17-21-11(2)30-24-17)8-13(7-10)18(27)20-5-4-16(26)22-15-9-14(19(28)29)25(3)23-15/h6-9H,4-5H2,1-3H3,(H,20,27)(H,28,29)(H,22,23,26). The van der Waals surface area contributed by atoms with Crippen LogP contribution in [0.1, 0.15) is 38.7 Å². The predicted molar refractivity (Wildman–Crippen MR) is 105 cm³/mol. The number of amides is 2. The molecule has 1 aromatic carbocycles. The number of carboxylic acid groups (broad SMARTS) is 1. The molecular formula is C19H20N6O5. The number of aryl methyl sites for hydroxylation is 3. The first-order chi connectivity index (χ1) is 14.2. The third-order valence-electron chi connectivity index (χ3n) is 4.13. The Morgan fingerprint density at radius 3 is 2.57 bits per heavy atom. The quantitative estimate of drug-likeness (QED) is 0.528. The van der Waals surface area contributed by atoms with Gasteiger partial charge in [0.25, 0.3) is 5.91 Å². The fourth-order valence-electron chi connectivity index (χ4n) is 2.79. The Kier molecular flexibility index (Phi) is 5.90. The maximum atomic E-state index is 12.5. The van der Waals surface area contributed by atoms with Crippen LogP contribution in [0.3, 0.4) is 0 Å². The molecule has 2 aromatic heterocycles. The summed E-state index contributed by atoms with van der Waals surface area (Å²) in [5, 5.41) is 21.9. The molecule has 3 rings (SSSR count). The number of carboxylic acids is 1. The van der Waals surface area contributed by atoms with Gasteiger partial charge in [-0.2, -0.15) is 10.1 Å². The molecule has 30 heavy (non-hydrogen) atoms. The molecule has 11 nitrogen and oxygen atoms in total. The van der Waals surface area contributed by atoms with Crippen molar-refractivity contribution in [2.45, 2.75) is 20.3 Å². The van der Waals surface area contributed by atoms with Crippen molar-refractivity contribution in [2.24, 2.45) is 7.05 Å². The van der Waals surface area contributed by atoms with Crippen LogP contribution in [0.25, 0.3) is 11.4 Å². The topological polar surface area (TPSA) is 152 Å². The van der Waals surface area contributed by atoms with Gasteiger partial charge in [-0.1, -0.05) is 5.16 Å². The second-order valence-corrected chi connectivity index (χ2v) is 6.62. The molecule has 0 atom stereocenters. The van der Waals surface area contributed by atoms with E-state index < -0.39 is 11.9 Å². The minimum atomic E-state index is -1.15. The fraction of sp³-hybridized carbons (Fsp3) is 0.263. The zero-order valence-electron chi connectivity index (χ0n) is 16.6. The number of hydrogen-bond acceptors (Lipinski definition) is 7. The highest BCUT2D eigenvalue weighted by Gasteiger charge is 2.15. The lowest BCUT2D eigenvalue weighted by atomic mass is 10.1. The van der Waals surface area contributed by atoms with Crippen molar-refractivity contribution in [3.05, 3.63) is 47.0 Å². The van der Waals surface area contributed by atoms with Gasteiger partial charge in [-0.05, 0) is 30.7 Å². The van der Waals surface area contributed by atoms with Crippen LogP contribution in [0.15, 0.2) is 28.8 Å². The first-order valence-corrected chi connectivity index (χ1v) is 9.00. The third kappa shape index (κ3) is 4.87. The monoisotopic (exact) mass is 412 g/mol. The fourth-order valence-corrected chi connectivity index (χ4v) is 2.79. The zero-order valence-corrected chi connectivity index (χ0v) is 16.6. The Balaban J connectivity index is 1.57. The molecule has 0 radical (unpaired) electrons. The summed E-state index contributed by atoms with van der Waals surface area (Å²) in [4.78, 5) is 39.7. The number of carbonyl (C=O) groups excluding carboxylic acids is 2. The van der Waals surface area contributed by atoms with Crippen LogP contribution in [0.2, 0.25) is 0 Å². The molecule has 0 unspecified atom stereocenters. The summed E-state index contributed by atoms with van der Waals surface area (Å²) in [7, 11) is 1.46. The summed E-state index contributed by atoms with van der Waals surface area (Å²) in [6.07, 6.45) is -0.00652. The number of hydrogen-bond donors (Lipinski definition) is 3. The van der Waals surface area contributed by atoms with Crippen molar-refractivity contribution in [1.82, 2.24) is 25.2 Å². The first-order valence-electron chi connectivity index (χ1n) is 9.00. The molecular weight excluding hydrogens is 392 g/mol. The molecule has 0 aliphatic carbocycles. The van der Waals surface area contributed by atoms with Gasteiger partial charge in [-0.25, -0.2) is 4.79 Å². The van der Waals surface area contributed by atoms with Crippen molar-refractivity contribution in [1.29, 1.82) is 0 Å². The van der Waals surface area contributed by atoms with Crippen LogP contribution < -0.4 is 10.6 Å². The highest BCUT2D eigenvalue weighted by atomic mass is 16.5. The van der Waals surface area contributed by atoms with Gasteiger partial charge in [0, 0.05) is 44.1 Å². The molecule has 0 bridgehead atoms. The molecule has 0 aliphatic rings. The largest absolute Gasteiger partial charge is 0.477 e. The van der Waals surface area contributed by atoms with Crippen molar-refractivity contribution in [2.75, 3.05) is 11.9 Å². The van der Waals surface area contributed by atoms with Crippen LogP contribution in [-0.4, -0.2) is 49.4 Å². The number of nitrogens with one attached hydrogen (secondary N) is 2. The van der Waals surface area contributed by atoms with E-state index in [4.69, 9.17) is 9.63 Å². The molecule has 2 heterocycles. The van der Waals surface area contributed by atoms with Crippen LogP contribution >= 0.6 is 0 Å². The van der Waals surface area contributed by atoms with E-state index >= 15 is 0 Å². The third-order valence-corrected chi connectivity index (χ3v) is 4.13. The van der Waals surface area contributed by atoms with E-state index in [1.165, 1.54) is 13.1 Å². The van der Waals surface area contributed by atoms with Gasteiger partial charge in [-0.15, -0.1) is 0 Å². The average Bonchev–Trinajstić information content (AvgIpc) is 3.26. The second-order valence-electron chi connectivity index (χ2n) is 6.62. The molecule has 156 valence electrons. The van der Waals surface area contributed by atoms with Gasteiger partial charge < -0.3 is 20.3 Å². The number of nitrogens with zero attached hydrogens (tertiary/aromatic N) is 4. The van der Waals surface area contributed by atoms with Crippen LogP contribution in [0, 0.1) is 13.8 Å². The molecule has 0 saturated carbocycles. The minimum absolute atomic E-state index is 0.00652. The van der Waals surface area contributed by atoms with Gasteiger partial charge in [0.05, 0.1) is 0 Å². The van der Waals surface area contributed by atoms with E-state index in [9.17, 15) is 14.4 Å². The Labute approximate surface area is 171 Å². The Morgan fingerprint density at radius 2 is 1.93 bits per heavy atom. The smallest absolute Gasteiger partial charge is 0.354 e. The van der Waals surface area contributed by atoms with Crippen LogP contribution in [-0.2, 0) is 11.8 Å². The number of benzene rings is 1. The lowest BCUT2D eigenvalue weighted by Gasteiger charge is -2.07. The molecule has 0 fully saturated rings. The Morgan fingerprint density at radius 1 is 1.17 bits per heavy atom. The molecule has 3 aromatic rings. The number of aromatic carboxylic acids is 1. The van der Waals surface area contributed by atoms with Crippen LogP contribution in [0.4, 0.5) is 5.82 Å². The summed E-state index contributed by atoms with van der Waals surface area (Å²) in [6, 6.07) is 6.46. The molecule has 0 aliphatic heterocycles. The van der Waals surface area contributed by atoms with E-state index in [0.717, 1.165) is 10.2 Å². The number of aromatic nitrogens is 4. The summed E-state index contributed by atoms with van der Waals surface area (Å²) in [5.74, 6) is -0.958. The highest BCUT2D eigenvalue weighted by Crippen LogP contribution is 2.19. The van der Waals surface area contributed by atoms with Gasteiger partial charge in [0.2, 0.25) is 17.6 Å². The van der Waals surface area contributed by atoms with E-state index in [1.54, 1.807) is 19.1 Å². The normalized spacial score (nSPS) is 10.6. The number of anilines is 1. The second kappa shape index (κ2) is 8.55. The number of carbonyl (C=O) groups is 3. The maximum Gasteiger partial charge on any atom is 0.354 e. The lowest BCUT2D eigenvalue weighted by molar-refractivity contribution is -0.116. The van der Waals surface area contributed by atoms with Gasteiger partial charge in [0.15, 0.2) is 5.82 Å². The number of rotatable bonds is 7.